The zero-order valence-electron chi connectivity index (χ0n) is 12.1. The molecule has 0 bridgehead atoms. The Labute approximate surface area is 120 Å². The van der Waals surface area contributed by atoms with E-state index in [4.69, 9.17) is 5.73 Å². The number of halogens is 1. The number of hydrogen-bond acceptors (Lipinski definition) is 2. The molecule has 0 heterocycles. The van der Waals surface area contributed by atoms with Crippen LogP contribution in [0.5, 0.6) is 0 Å². The molecule has 0 spiro atoms. The van der Waals surface area contributed by atoms with Crippen LogP contribution in [-0.2, 0) is 13.1 Å². The average Bonchev–Trinajstić information content (AvgIpc) is 2.46. The fraction of sp³-hybridized carbons (Fsp3) is 0.294. The quantitative estimate of drug-likeness (QED) is 0.900. The van der Waals surface area contributed by atoms with Gasteiger partial charge in [0.2, 0.25) is 0 Å². The molecule has 106 valence electrons. The highest BCUT2D eigenvalue weighted by molar-refractivity contribution is 5.54. The van der Waals surface area contributed by atoms with Gasteiger partial charge in [0.15, 0.2) is 0 Å². The van der Waals surface area contributed by atoms with Crippen LogP contribution in [0.2, 0.25) is 0 Å². The van der Waals surface area contributed by atoms with Crippen molar-refractivity contribution in [1.29, 1.82) is 0 Å². The van der Waals surface area contributed by atoms with E-state index in [9.17, 15) is 4.39 Å². The summed E-state index contributed by atoms with van der Waals surface area (Å²) in [4.78, 5) is 2.16. The maximum atomic E-state index is 13.9. The van der Waals surface area contributed by atoms with E-state index >= 15 is 0 Å². The van der Waals surface area contributed by atoms with Gasteiger partial charge in [-0.3, -0.25) is 0 Å². The average molecular weight is 272 g/mol. The second-order valence-corrected chi connectivity index (χ2v) is 4.88. The van der Waals surface area contributed by atoms with Crippen LogP contribution in [-0.4, -0.2) is 6.54 Å². The van der Waals surface area contributed by atoms with Gasteiger partial charge in [0, 0.05) is 30.9 Å². The number of anilines is 1. The minimum Gasteiger partial charge on any atom is -0.367 e. The van der Waals surface area contributed by atoms with Gasteiger partial charge in [-0.1, -0.05) is 30.3 Å². The first-order chi connectivity index (χ1) is 9.67. The fourth-order valence-corrected chi connectivity index (χ4v) is 2.41. The standard InChI is InChI=1S/C17H21FN2/c1-3-20(12-14-8-5-4-7-13(14)2)17-10-6-9-16(18)15(17)11-19/h4-10H,3,11-12,19H2,1-2H3. The number of rotatable bonds is 5. The SMILES string of the molecule is CCN(Cc1ccccc1C)c1cccc(F)c1CN. The summed E-state index contributed by atoms with van der Waals surface area (Å²) in [6, 6.07) is 13.4. The molecule has 0 amide bonds. The summed E-state index contributed by atoms with van der Waals surface area (Å²) in [6.07, 6.45) is 0. The summed E-state index contributed by atoms with van der Waals surface area (Å²) >= 11 is 0. The van der Waals surface area contributed by atoms with Crippen LogP contribution >= 0.6 is 0 Å². The molecule has 0 aromatic heterocycles. The molecular weight excluding hydrogens is 251 g/mol. The first kappa shape index (κ1) is 14.5. The summed E-state index contributed by atoms with van der Waals surface area (Å²) in [5.74, 6) is -0.228. The molecule has 0 saturated heterocycles. The molecule has 0 aliphatic rings. The second-order valence-electron chi connectivity index (χ2n) is 4.88. The first-order valence-corrected chi connectivity index (χ1v) is 6.94. The highest BCUT2D eigenvalue weighted by Gasteiger charge is 2.13. The minimum absolute atomic E-state index is 0.215. The summed E-state index contributed by atoms with van der Waals surface area (Å²) in [5, 5.41) is 0. The lowest BCUT2D eigenvalue weighted by molar-refractivity contribution is 0.608. The van der Waals surface area contributed by atoms with Crippen molar-refractivity contribution in [3.63, 3.8) is 0 Å². The Morgan fingerprint density at radius 3 is 2.50 bits per heavy atom. The van der Waals surface area contributed by atoms with E-state index in [1.807, 2.05) is 18.2 Å². The van der Waals surface area contributed by atoms with Crippen molar-refractivity contribution < 1.29 is 4.39 Å². The van der Waals surface area contributed by atoms with Crippen molar-refractivity contribution in [2.45, 2.75) is 26.9 Å². The molecule has 0 aliphatic carbocycles. The molecule has 20 heavy (non-hydrogen) atoms. The molecule has 0 atom stereocenters. The van der Waals surface area contributed by atoms with E-state index in [-0.39, 0.29) is 12.4 Å². The third kappa shape index (κ3) is 2.99. The Morgan fingerprint density at radius 1 is 1.10 bits per heavy atom. The summed E-state index contributed by atoms with van der Waals surface area (Å²) in [7, 11) is 0. The molecule has 0 saturated carbocycles. The Kier molecular flexibility index (Phi) is 4.74. The third-order valence-corrected chi connectivity index (χ3v) is 3.64. The molecule has 0 aliphatic heterocycles. The fourth-order valence-electron chi connectivity index (χ4n) is 2.41. The lowest BCUT2D eigenvalue weighted by Gasteiger charge is -2.26. The van der Waals surface area contributed by atoms with Crippen LogP contribution < -0.4 is 10.6 Å². The van der Waals surface area contributed by atoms with E-state index in [0.29, 0.717) is 5.56 Å². The maximum Gasteiger partial charge on any atom is 0.129 e. The van der Waals surface area contributed by atoms with Gasteiger partial charge in [0.05, 0.1) is 0 Å². The van der Waals surface area contributed by atoms with Crippen LogP contribution in [0.4, 0.5) is 10.1 Å². The lowest BCUT2D eigenvalue weighted by atomic mass is 10.1. The van der Waals surface area contributed by atoms with E-state index < -0.39 is 0 Å². The number of hydrogen-bond donors (Lipinski definition) is 1. The van der Waals surface area contributed by atoms with Gasteiger partial charge in [-0.15, -0.1) is 0 Å². The van der Waals surface area contributed by atoms with Crippen LogP contribution in [0.1, 0.15) is 23.6 Å². The molecule has 0 unspecified atom stereocenters. The molecule has 2 aromatic carbocycles. The van der Waals surface area contributed by atoms with Gasteiger partial charge >= 0.3 is 0 Å². The van der Waals surface area contributed by atoms with Gasteiger partial charge in [-0.2, -0.15) is 0 Å². The van der Waals surface area contributed by atoms with Gasteiger partial charge in [0.1, 0.15) is 5.82 Å². The molecule has 2 aromatic rings. The second kappa shape index (κ2) is 6.53. The van der Waals surface area contributed by atoms with Crippen LogP contribution in [0.25, 0.3) is 0 Å². The zero-order valence-corrected chi connectivity index (χ0v) is 12.1. The predicted molar refractivity (Wildman–Crippen MR) is 82.2 cm³/mol. The molecular formula is C17H21FN2. The number of nitrogens with zero attached hydrogens (tertiary/aromatic N) is 1. The summed E-state index contributed by atoms with van der Waals surface area (Å²) in [6.45, 7) is 5.96. The van der Waals surface area contributed by atoms with Crippen LogP contribution in [0, 0.1) is 12.7 Å². The summed E-state index contributed by atoms with van der Waals surface area (Å²) in [5.41, 5.74) is 9.67. The number of benzene rings is 2. The van der Waals surface area contributed by atoms with Crippen molar-refractivity contribution in [2.75, 3.05) is 11.4 Å². The molecule has 2 rings (SSSR count). The normalized spacial score (nSPS) is 10.6. The Hall–Kier alpha value is -1.87. The Balaban J connectivity index is 2.34. The predicted octanol–water partition coefficient (Wildman–Crippen LogP) is 3.62. The zero-order chi connectivity index (χ0) is 14.5. The monoisotopic (exact) mass is 272 g/mol. The largest absolute Gasteiger partial charge is 0.367 e. The molecule has 0 fully saturated rings. The Morgan fingerprint density at radius 2 is 1.85 bits per heavy atom. The lowest BCUT2D eigenvalue weighted by Crippen LogP contribution is -2.24. The minimum atomic E-state index is -0.228. The molecule has 2 nitrogen and oxygen atoms in total. The van der Waals surface area contributed by atoms with E-state index in [2.05, 4.69) is 30.9 Å². The number of aryl methyl sites for hydroxylation is 1. The van der Waals surface area contributed by atoms with Gasteiger partial charge in [0.25, 0.3) is 0 Å². The molecule has 2 N–H and O–H groups in total. The van der Waals surface area contributed by atoms with Crippen LogP contribution in [0.15, 0.2) is 42.5 Å². The van der Waals surface area contributed by atoms with Crippen molar-refractivity contribution >= 4 is 5.69 Å². The molecule has 3 heteroatoms. The van der Waals surface area contributed by atoms with Crippen LogP contribution in [0.3, 0.4) is 0 Å². The van der Waals surface area contributed by atoms with E-state index in [1.165, 1.54) is 17.2 Å². The van der Waals surface area contributed by atoms with Crippen molar-refractivity contribution in [2.24, 2.45) is 5.73 Å². The van der Waals surface area contributed by atoms with E-state index in [0.717, 1.165) is 18.8 Å². The molecule has 0 radical (unpaired) electrons. The highest BCUT2D eigenvalue weighted by atomic mass is 19.1. The van der Waals surface area contributed by atoms with Gasteiger partial charge in [-0.25, -0.2) is 4.39 Å². The van der Waals surface area contributed by atoms with Gasteiger partial charge in [-0.05, 0) is 37.1 Å². The first-order valence-electron chi connectivity index (χ1n) is 6.94. The topological polar surface area (TPSA) is 29.3 Å². The smallest absolute Gasteiger partial charge is 0.129 e. The van der Waals surface area contributed by atoms with E-state index in [1.54, 1.807) is 6.07 Å². The van der Waals surface area contributed by atoms with Crippen molar-refractivity contribution in [3.8, 4) is 0 Å². The van der Waals surface area contributed by atoms with Crippen molar-refractivity contribution in [1.82, 2.24) is 0 Å². The summed E-state index contributed by atoms with van der Waals surface area (Å²) < 4.78 is 13.9. The number of nitrogens with two attached hydrogens (primary N) is 1. The highest BCUT2D eigenvalue weighted by Crippen LogP contribution is 2.25. The maximum absolute atomic E-state index is 13.9. The van der Waals surface area contributed by atoms with Crippen molar-refractivity contribution in [3.05, 3.63) is 65.0 Å². The third-order valence-electron chi connectivity index (χ3n) is 3.64. The Bertz CT molecular complexity index is 581. The van der Waals surface area contributed by atoms with Gasteiger partial charge < -0.3 is 10.6 Å².